The van der Waals surface area contributed by atoms with Gasteiger partial charge >= 0.3 is 0 Å². The number of H-pyrrole nitrogens is 1. The highest BCUT2D eigenvalue weighted by Gasteiger charge is 2.17. The molecule has 0 atom stereocenters. The molecule has 0 aliphatic carbocycles. The molecule has 31 heavy (non-hydrogen) atoms. The minimum absolute atomic E-state index is 0.0640. The van der Waals surface area contributed by atoms with Crippen molar-refractivity contribution in [2.24, 2.45) is 0 Å². The SMILES string of the molecule is CC(=O)c1ccc(CCn2c(-c3ccnc4[nH]ccc34)nc3cc(Cl)c(Cl)cc32)cc1. The number of imidazole rings is 1. The van der Waals surface area contributed by atoms with Crippen molar-refractivity contribution in [3.8, 4) is 11.4 Å². The van der Waals surface area contributed by atoms with Crippen molar-refractivity contribution in [3.63, 3.8) is 0 Å². The monoisotopic (exact) mass is 448 g/mol. The van der Waals surface area contributed by atoms with Crippen LogP contribution in [0.3, 0.4) is 0 Å². The molecule has 0 spiro atoms. The topological polar surface area (TPSA) is 63.6 Å². The Morgan fingerprint density at radius 2 is 1.84 bits per heavy atom. The van der Waals surface area contributed by atoms with E-state index >= 15 is 0 Å². The van der Waals surface area contributed by atoms with Gasteiger partial charge in [-0.2, -0.15) is 0 Å². The number of ketones is 1. The summed E-state index contributed by atoms with van der Waals surface area (Å²) in [5.41, 5.74) is 5.36. The van der Waals surface area contributed by atoms with Crippen molar-refractivity contribution < 1.29 is 4.79 Å². The van der Waals surface area contributed by atoms with Crippen molar-refractivity contribution in [3.05, 3.63) is 82.1 Å². The van der Waals surface area contributed by atoms with Gasteiger partial charge in [-0.15, -0.1) is 0 Å². The Labute approximate surface area is 188 Å². The van der Waals surface area contributed by atoms with E-state index < -0.39 is 0 Å². The van der Waals surface area contributed by atoms with E-state index in [4.69, 9.17) is 28.2 Å². The van der Waals surface area contributed by atoms with Crippen molar-refractivity contribution in [1.82, 2.24) is 19.5 Å². The molecule has 0 unspecified atom stereocenters. The number of nitrogens with one attached hydrogen (secondary N) is 1. The van der Waals surface area contributed by atoms with Crippen LogP contribution in [-0.4, -0.2) is 25.3 Å². The van der Waals surface area contributed by atoms with Crippen LogP contribution in [0.15, 0.2) is 60.9 Å². The highest BCUT2D eigenvalue weighted by Crippen LogP contribution is 2.33. The Morgan fingerprint density at radius 1 is 1.06 bits per heavy atom. The predicted octanol–water partition coefficient (Wildman–Crippen LogP) is 6.33. The van der Waals surface area contributed by atoms with Crippen LogP contribution in [0.1, 0.15) is 22.8 Å². The number of nitrogens with zero attached hydrogens (tertiary/aromatic N) is 3. The van der Waals surface area contributed by atoms with Gasteiger partial charge in [0.05, 0.1) is 21.1 Å². The van der Waals surface area contributed by atoms with Crippen molar-refractivity contribution in [1.29, 1.82) is 0 Å². The highest BCUT2D eigenvalue weighted by molar-refractivity contribution is 6.42. The fourth-order valence-electron chi connectivity index (χ4n) is 3.85. The minimum Gasteiger partial charge on any atom is -0.346 e. The Kier molecular flexibility index (Phi) is 5.00. The highest BCUT2D eigenvalue weighted by atomic mass is 35.5. The van der Waals surface area contributed by atoms with Crippen LogP contribution in [-0.2, 0) is 13.0 Å². The molecule has 5 aromatic rings. The van der Waals surface area contributed by atoms with Crippen LogP contribution in [0.2, 0.25) is 10.0 Å². The summed E-state index contributed by atoms with van der Waals surface area (Å²) in [5.74, 6) is 0.898. The lowest BCUT2D eigenvalue weighted by atomic mass is 10.1. The summed E-state index contributed by atoms with van der Waals surface area (Å²) >= 11 is 12.6. The molecule has 0 fully saturated rings. The van der Waals surface area contributed by atoms with Crippen LogP contribution in [0.4, 0.5) is 0 Å². The summed E-state index contributed by atoms with van der Waals surface area (Å²) in [6.07, 6.45) is 4.43. The molecule has 5 nitrogen and oxygen atoms in total. The third-order valence-corrected chi connectivity index (χ3v) is 6.20. The molecule has 3 aromatic heterocycles. The summed E-state index contributed by atoms with van der Waals surface area (Å²) in [6, 6.07) is 15.4. The van der Waals surface area contributed by atoms with Gasteiger partial charge in [-0.25, -0.2) is 9.97 Å². The summed E-state index contributed by atoms with van der Waals surface area (Å²) in [4.78, 5) is 24.0. The van der Waals surface area contributed by atoms with Gasteiger partial charge in [0.15, 0.2) is 5.78 Å². The summed E-state index contributed by atoms with van der Waals surface area (Å²) in [5, 5.41) is 1.97. The number of carbonyl (C=O) groups is 1. The second-order valence-electron chi connectivity index (χ2n) is 7.44. The van der Waals surface area contributed by atoms with E-state index in [0.29, 0.717) is 22.2 Å². The zero-order valence-corrected chi connectivity index (χ0v) is 18.2. The van der Waals surface area contributed by atoms with Gasteiger partial charge in [-0.05, 0) is 43.2 Å². The molecule has 2 aromatic carbocycles. The Bertz CT molecular complexity index is 1430. The summed E-state index contributed by atoms with van der Waals surface area (Å²) in [6.45, 7) is 2.27. The number of fused-ring (bicyclic) bond motifs is 2. The van der Waals surface area contributed by atoms with E-state index in [1.807, 2.05) is 48.7 Å². The standard InChI is InChI=1S/C24H18Cl2N4O/c1-14(31)16-4-2-15(3-5-16)8-11-30-22-13-20(26)19(25)12-21(22)29-24(30)18-7-10-28-23-17(18)6-9-27-23/h2-7,9-10,12-13H,8,11H2,1H3,(H,27,28). The summed E-state index contributed by atoms with van der Waals surface area (Å²) < 4.78 is 2.16. The molecule has 7 heteroatoms. The van der Waals surface area contributed by atoms with Crippen LogP contribution in [0.25, 0.3) is 33.5 Å². The first kappa shape index (κ1) is 19.8. The molecule has 0 radical (unpaired) electrons. The minimum atomic E-state index is 0.0640. The van der Waals surface area contributed by atoms with E-state index in [-0.39, 0.29) is 5.78 Å². The molecule has 0 amide bonds. The van der Waals surface area contributed by atoms with Gasteiger partial charge in [0, 0.05) is 35.5 Å². The number of carbonyl (C=O) groups excluding carboxylic acids is 1. The fourth-order valence-corrected chi connectivity index (χ4v) is 4.17. The first-order valence-corrected chi connectivity index (χ1v) is 10.6. The zero-order valence-electron chi connectivity index (χ0n) is 16.7. The number of halogens is 2. The average Bonchev–Trinajstić information content (AvgIpc) is 3.37. The third kappa shape index (κ3) is 3.60. The van der Waals surface area contributed by atoms with E-state index in [1.165, 1.54) is 0 Å². The van der Waals surface area contributed by atoms with Crippen LogP contribution in [0.5, 0.6) is 0 Å². The van der Waals surface area contributed by atoms with Gasteiger partial charge in [0.25, 0.3) is 0 Å². The number of aryl methyl sites for hydroxylation is 2. The van der Waals surface area contributed by atoms with Gasteiger partial charge < -0.3 is 9.55 Å². The van der Waals surface area contributed by atoms with Gasteiger partial charge in [-0.1, -0.05) is 47.5 Å². The normalized spacial score (nSPS) is 11.5. The molecule has 0 aliphatic heterocycles. The lowest BCUT2D eigenvalue weighted by Crippen LogP contribution is -2.04. The van der Waals surface area contributed by atoms with Crippen molar-refractivity contribution >= 4 is 51.1 Å². The second kappa shape index (κ2) is 7.84. The number of pyridine rings is 1. The molecule has 5 rings (SSSR count). The number of rotatable bonds is 5. The molecule has 0 saturated heterocycles. The first-order chi connectivity index (χ1) is 15.0. The van der Waals surface area contributed by atoms with E-state index in [0.717, 1.165) is 45.4 Å². The van der Waals surface area contributed by atoms with Gasteiger partial charge in [-0.3, -0.25) is 4.79 Å². The van der Waals surface area contributed by atoms with Gasteiger partial charge in [0.1, 0.15) is 11.5 Å². The summed E-state index contributed by atoms with van der Waals surface area (Å²) in [7, 11) is 0. The Hall–Kier alpha value is -3.15. The maximum Gasteiger partial charge on any atom is 0.159 e. The number of benzene rings is 2. The van der Waals surface area contributed by atoms with Crippen molar-refractivity contribution in [2.45, 2.75) is 19.9 Å². The molecular weight excluding hydrogens is 431 g/mol. The number of Topliss-reactive ketones (excluding diaryl/α,β-unsaturated/α-hetero) is 1. The van der Waals surface area contributed by atoms with E-state index in [9.17, 15) is 4.79 Å². The molecular formula is C24H18Cl2N4O. The number of aromatic amines is 1. The predicted molar refractivity (Wildman–Crippen MR) is 125 cm³/mol. The van der Waals surface area contributed by atoms with Crippen molar-refractivity contribution in [2.75, 3.05) is 0 Å². The van der Waals surface area contributed by atoms with Gasteiger partial charge in [0.2, 0.25) is 0 Å². The molecule has 0 bridgehead atoms. The number of hydrogen-bond donors (Lipinski definition) is 1. The van der Waals surface area contributed by atoms with Crippen LogP contribution < -0.4 is 0 Å². The smallest absolute Gasteiger partial charge is 0.159 e. The fraction of sp³-hybridized carbons (Fsp3) is 0.125. The molecule has 3 heterocycles. The zero-order chi connectivity index (χ0) is 21.5. The maximum atomic E-state index is 11.6. The molecule has 0 saturated carbocycles. The first-order valence-electron chi connectivity index (χ1n) is 9.89. The average molecular weight is 449 g/mol. The molecule has 1 N–H and O–H groups in total. The third-order valence-electron chi connectivity index (χ3n) is 5.48. The van der Waals surface area contributed by atoms with E-state index in [2.05, 4.69) is 14.5 Å². The second-order valence-corrected chi connectivity index (χ2v) is 8.26. The molecule has 154 valence electrons. The Morgan fingerprint density at radius 3 is 2.61 bits per heavy atom. The number of hydrogen-bond acceptors (Lipinski definition) is 3. The number of aromatic nitrogens is 4. The lowest BCUT2D eigenvalue weighted by Gasteiger charge is -2.11. The van der Waals surface area contributed by atoms with Crippen LogP contribution >= 0.6 is 23.2 Å². The van der Waals surface area contributed by atoms with E-state index in [1.54, 1.807) is 19.2 Å². The lowest BCUT2D eigenvalue weighted by molar-refractivity contribution is 0.101. The quantitative estimate of drug-likeness (QED) is 0.319. The Balaban J connectivity index is 1.61. The largest absolute Gasteiger partial charge is 0.346 e. The molecule has 0 aliphatic rings. The van der Waals surface area contributed by atoms with Crippen LogP contribution in [0, 0.1) is 0 Å². The maximum absolute atomic E-state index is 11.6.